The highest BCUT2D eigenvalue weighted by molar-refractivity contribution is 7.98. The third kappa shape index (κ3) is 5.22. The molecule has 4 rings (SSSR count). The van der Waals surface area contributed by atoms with Gasteiger partial charge in [-0.2, -0.15) is 5.10 Å². The molecule has 0 saturated carbocycles. The second-order valence-electron chi connectivity index (χ2n) is 8.06. The molecule has 0 radical (unpaired) electrons. The van der Waals surface area contributed by atoms with Crippen LogP contribution >= 0.6 is 11.8 Å². The molecule has 7 heteroatoms. The van der Waals surface area contributed by atoms with Crippen LogP contribution in [0.5, 0.6) is 0 Å². The fraction of sp³-hybridized carbons (Fsp3) is 0.320. The van der Waals surface area contributed by atoms with Gasteiger partial charge in [0.05, 0.1) is 0 Å². The summed E-state index contributed by atoms with van der Waals surface area (Å²) in [6, 6.07) is 18.2. The maximum atomic E-state index is 13.1. The van der Waals surface area contributed by atoms with Crippen molar-refractivity contribution in [2.45, 2.75) is 37.8 Å². The predicted molar refractivity (Wildman–Crippen MR) is 127 cm³/mol. The second-order valence-corrected chi connectivity index (χ2v) is 8.94. The smallest absolute Gasteiger partial charge is 0.272 e. The number of hydrogen-bond donors (Lipinski definition) is 1. The van der Waals surface area contributed by atoms with E-state index in [0.717, 1.165) is 18.4 Å². The molecular formula is C25H28N4O2S. The highest BCUT2D eigenvalue weighted by Gasteiger charge is 2.26. The number of aromatic nitrogens is 2. The normalized spacial score (nSPS) is 13.6. The first kappa shape index (κ1) is 22.1. The molecule has 1 aliphatic heterocycles. The van der Waals surface area contributed by atoms with E-state index in [-0.39, 0.29) is 11.8 Å². The average molecular weight is 449 g/mol. The topological polar surface area (TPSA) is 67.2 Å². The van der Waals surface area contributed by atoms with E-state index in [0.29, 0.717) is 37.6 Å². The summed E-state index contributed by atoms with van der Waals surface area (Å²) in [4.78, 5) is 28.8. The molecule has 0 aliphatic carbocycles. The Morgan fingerprint density at radius 3 is 2.50 bits per heavy atom. The van der Waals surface area contributed by atoms with Crippen LogP contribution in [0, 0.1) is 6.92 Å². The SMILES string of the molecule is CSc1ccc(CCNC(=O)c2cc3n(n2)CCCN(Cc2ccc(C)cc2)C3=O)cc1. The minimum Gasteiger partial charge on any atom is -0.350 e. The quantitative estimate of drug-likeness (QED) is 0.556. The fourth-order valence-corrected chi connectivity index (χ4v) is 4.22. The van der Waals surface area contributed by atoms with E-state index in [1.165, 1.54) is 16.0 Å². The molecule has 32 heavy (non-hydrogen) atoms. The summed E-state index contributed by atoms with van der Waals surface area (Å²) in [5.74, 6) is -0.326. The third-order valence-electron chi connectivity index (χ3n) is 5.67. The molecule has 2 heterocycles. The molecule has 3 aromatic rings. The Morgan fingerprint density at radius 2 is 1.78 bits per heavy atom. The van der Waals surface area contributed by atoms with Gasteiger partial charge in [-0.1, -0.05) is 42.0 Å². The lowest BCUT2D eigenvalue weighted by molar-refractivity contribution is 0.0745. The lowest BCUT2D eigenvalue weighted by Crippen LogP contribution is -2.30. The van der Waals surface area contributed by atoms with Crippen molar-refractivity contribution in [1.29, 1.82) is 0 Å². The first-order valence-corrected chi connectivity index (χ1v) is 12.1. The molecule has 166 valence electrons. The maximum absolute atomic E-state index is 13.1. The number of thioether (sulfide) groups is 1. The van der Waals surface area contributed by atoms with Gasteiger partial charge in [0.25, 0.3) is 11.8 Å². The van der Waals surface area contributed by atoms with Crippen molar-refractivity contribution in [3.05, 3.63) is 82.7 Å². The fourth-order valence-electron chi connectivity index (χ4n) is 3.81. The van der Waals surface area contributed by atoms with Crippen LogP contribution in [0.3, 0.4) is 0 Å². The maximum Gasteiger partial charge on any atom is 0.272 e. The molecule has 2 aromatic carbocycles. The third-order valence-corrected chi connectivity index (χ3v) is 6.41. The molecule has 1 aromatic heterocycles. The Hall–Kier alpha value is -3.06. The Balaban J connectivity index is 1.38. The van der Waals surface area contributed by atoms with E-state index in [1.54, 1.807) is 22.5 Å². The summed E-state index contributed by atoms with van der Waals surface area (Å²) in [5, 5.41) is 7.34. The number of nitrogens with zero attached hydrogens (tertiary/aromatic N) is 3. The van der Waals surface area contributed by atoms with Gasteiger partial charge in [0.15, 0.2) is 5.69 Å². The van der Waals surface area contributed by atoms with Gasteiger partial charge in [-0.3, -0.25) is 14.3 Å². The van der Waals surface area contributed by atoms with E-state index in [2.05, 4.69) is 58.9 Å². The van der Waals surface area contributed by atoms with Gasteiger partial charge in [-0.15, -0.1) is 11.8 Å². The molecule has 2 amide bonds. The second kappa shape index (κ2) is 10.0. The van der Waals surface area contributed by atoms with E-state index in [4.69, 9.17) is 0 Å². The summed E-state index contributed by atoms with van der Waals surface area (Å²) in [7, 11) is 0. The number of hydrogen-bond acceptors (Lipinski definition) is 4. The van der Waals surface area contributed by atoms with Crippen LogP contribution in [0.2, 0.25) is 0 Å². The van der Waals surface area contributed by atoms with E-state index < -0.39 is 0 Å². The Kier molecular flexibility index (Phi) is 6.95. The molecule has 6 nitrogen and oxygen atoms in total. The zero-order valence-corrected chi connectivity index (χ0v) is 19.3. The van der Waals surface area contributed by atoms with Crippen LogP contribution in [-0.4, -0.2) is 45.8 Å². The lowest BCUT2D eigenvalue weighted by atomic mass is 10.1. The first-order valence-electron chi connectivity index (χ1n) is 10.9. The molecule has 0 spiro atoms. The molecule has 0 saturated heterocycles. The summed E-state index contributed by atoms with van der Waals surface area (Å²) in [6.45, 7) is 4.43. The van der Waals surface area contributed by atoms with E-state index >= 15 is 0 Å². The van der Waals surface area contributed by atoms with Gasteiger partial charge in [0.2, 0.25) is 0 Å². The number of benzene rings is 2. The number of amides is 2. The summed E-state index contributed by atoms with van der Waals surface area (Å²) in [5.41, 5.74) is 4.24. The van der Waals surface area contributed by atoms with Gasteiger partial charge in [-0.25, -0.2) is 0 Å². The molecule has 1 N–H and O–H groups in total. The van der Waals surface area contributed by atoms with Crippen molar-refractivity contribution in [2.24, 2.45) is 0 Å². The Morgan fingerprint density at radius 1 is 1.06 bits per heavy atom. The summed E-state index contributed by atoms with van der Waals surface area (Å²) < 4.78 is 1.67. The number of carbonyl (C=O) groups is 2. The lowest BCUT2D eigenvalue weighted by Gasteiger charge is -2.20. The van der Waals surface area contributed by atoms with Gasteiger partial charge in [0.1, 0.15) is 5.69 Å². The van der Waals surface area contributed by atoms with Gasteiger partial charge in [0, 0.05) is 37.1 Å². The predicted octanol–water partition coefficient (Wildman–Crippen LogP) is 3.93. The van der Waals surface area contributed by atoms with Gasteiger partial charge >= 0.3 is 0 Å². The highest BCUT2D eigenvalue weighted by Crippen LogP contribution is 2.18. The molecular weight excluding hydrogens is 420 g/mol. The number of rotatable bonds is 7. The van der Waals surface area contributed by atoms with Crippen LogP contribution in [0.25, 0.3) is 0 Å². The number of carbonyl (C=O) groups excluding carboxylic acids is 2. The van der Waals surface area contributed by atoms with Crippen molar-refractivity contribution >= 4 is 23.6 Å². The average Bonchev–Trinajstić information content (AvgIpc) is 3.18. The molecule has 0 bridgehead atoms. The van der Waals surface area contributed by atoms with Gasteiger partial charge in [-0.05, 0) is 49.3 Å². The summed E-state index contributed by atoms with van der Waals surface area (Å²) >= 11 is 1.71. The highest BCUT2D eigenvalue weighted by atomic mass is 32.2. The van der Waals surface area contributed by atoms with Crippen LogP contribution < -0.4 is 5.32 Å². The molecule has 0 atom stereocenters. The van der Waals surface area contributed by atoms with Crippen LogP contribution in [0.4, 0.5) is 0 Å². The van der Waals surface area contributed by atoms with Crippen molar-refractivity contribution in [3.8, 4) is 0 Å². The summed E-state index contributed by atoms with van der Waals surface area (Å²) in [6.07, 6.45) is 3.60. The number of fused-ring (bicyclic) bond motifs is 1. The van der Waals surface area contributed by atoms with Crippen molar-refractivity contribution in [2.75, 3.05) is 19.3 Å². The van der Waals surface area contributed by atoms with Gasteiger partial charge < -0.3 is 10.2 Å². The van der Waals surface area contributed by atoms with Crippen LogP contribution in [-0.2, 0) is 19.5 Å². The van der Waals surface area contributed by atoms with Crippen molar-refractivity contribution in [3.63, 3.8) is 0 Å². The monoisotopic (exact) mass is 448 g/mol. The Bertz CT molecular complexity index is 1090. The largest absolute Gasteiger partial charge is 0.350 e. The molecule has 1 aliphatic rings. The minimum absolute atomic E-state index is 0.0801. The first-order chi connectivity index (χ1) is 15.5. The van der Waals surface area contributed by atoms with Crippen LogP contribution in [0.1, 0.15) is 44.1 Å². The Labute approximate surface area is 193 Å². The van der Waals surface area contributed by atoms with Crippen molar-refractivity contribution in [1.82, 2.24) is 20.0 Å². The van der Waals surface area contributed by atoms with E-state index in [9.17, 15) is 9.59 Å². The minimum atomic E-state index is -0.246. The standard InChI is InChI=1S/C25H28N4O2S/c1-18-4-6-20(7-5-18)17-28-14-3-15-29-23(25(28)31)16-22(27-29)24(30)26-13-12-19-8-10-21(32-2)11-9-19/h4-11,16H,3,12-15,17H2,1-2H3,(H,26,30). The molecule has 0 fully saturated rings. The molecule has 0 unspecified atom stereocenters. The zero-order valence-electron chi connectivity index (χ0n) is 18.5. The van der Waals surface area contributed by atoms with Crippen LogP contribution in [0.15, 0.2) is 59.5 Å². The number of aryl methyl sites for hydroxylation is 2. The zero-order chi connectivity index (χ0) is 22.5. The number of nitrogens with one attached hydrogen (secondary N) is 1. The van der Waals surface area contributed by atoms with Crippen molar-refractivity contribution < 1.29 is 9.59 Å². The van der Waals surface area contributed by atoms with E-state index in [1.807, 2.05) is 18.1 Å².